The van der Waals surface area contributed by atoms with Gasteiger partial charge in [0.2, 0.25) is 0 Å². The molecule has 0 unspecified atom stereocenters. The van der Waals surface area contributed by atoms with Crippen LogP contribution in [-0.2, 0) is 0 Å². The average molecular weight is 453 g/mol. The van der Waals surface area contributed by atoms with E-state index in [1.54, 1.807) is 65.6 Å². The molecule has 0 bridgehead atoms. The predicted molar refractivity (Wildman–Crippen MR) is 127 cm³/mol. The molecule has 0 spiro atoms. The molecule has 3 aromatic carbocycles. The molecule has 1 aliphatic heterocycles. The number of hydrogen-bond donors (Lipinski definition) is 0. The van der Waals surface area contributed by atoms with Crippen LogP contribution in [0, 0.1) is 17.1 Å². The molecular formula is C26H20FN5O2. The molecule has 1 saturated heterocycles. The largest absolute Gasteiger partial charge is 0.367 e. The van der Waals surface area contributed by atoms with Crippen molar-refractivity contribution in [1.29, 1.82) is 5.26 Å². The quantitative estimate of drug-likeness (QED) is 0.475. The lowest BCUT2D eigenvalue weighted by Gasteiger charge is -2.36. The van der Waals surface area contributed by atoms with Crippen LogP contribution in [0.5, 0.6) is 0 Å². The third-order valence-electron chi connectivity index (χ3n) is 6.02. The minimum atomic E-state index is -0.558. The molecule has 5 rings (SSSR count). The van der Waals surface area contributed by atoms with E-state index in [2.05, 4.69) is 5.10 Å². The van der Waals surface area contributed by atoms with Crippen LogP contribution in [0.15, 0.2) is 77.6 Å². The molecule has 1 aliphatic rings. The number of amides is 1. The number of fused-ring (bicyclic) bond motifs is 1. The minimum absolute atomic E-state index is 0.00451. The van der Waals surface area contributed by atoms with Gasteiger partial charge in [0.05, 0.1) is 16.8 Å². The van der Waals surface area contributed by atoms with E-state index >= 15 is 0 Å². The molecule has 4 aromatic rings. The molecule has 8 heteroatoms. The molecule has 7 nitrogen and oxygen atoms in total. The number of rotatable bonds is 3. The zero-order chi connectivity index (χ0) is 23.7. The van der Waals surface area contributed by atoms with Gasteiger partial charge in [-0.3, -0.25) is 9.59 Å². The number of halogens is 1. The number of carbonyl (C=O) groups excluding carboxylic acids is 1. The number of piperazine rings is 1. The van der Waals surface area contributed by atoms with Crippen molar-refractivity contribution < 1.29 is 9.18 Å². The van der Waals surface area contributed by atoms with Crippen LogP contribution in [0.1, 0.15) is 16.1 Å². The van der Waals surface area contributed by atoms with Gasteiger partial charge in [-0.2, -0.15) is 15.0 Å². The number of nitrogens with zero attached hydrogens (tertiary/aromatic N) is 5. The van der Waals surface area contributed by atoms with Crippen molar-refractivity contribution in [3.63, 3.8) is 0 Å². The van der Waals surface area contributed by atoms with Gasteiger partial charge in [-0.05, 0) is 30.3 Å². The Morgan fingerprint density at radius 1 is 0.882 bits per heavy atom. The van der Waals surface area contributed by atoms with Crippen LogP contribution in [-0.4, -0.2) is 46.8 Å². The third-order valence-corrected chi connectivity index (χ3v) is 6.02. The highest BCUT2D eigenvalue weighted by molar-refractivity contribution is 6.05. The lowest BCUT2D eigenvalue weighted by Crippen LogP contribution is -2.49. The average Bonchev–Trinajstić information content (AvgIpc) is 2.89. The second kappa shape index (κ2) is 8.79. The second-order valence-corrected chi connectivity index (χ2v) is 7.97. The Bertz CT molecular complexity index is 1490. The maximum Gasteiger partial charge on any atom is 0.279 e. The highest BCUT2D eigenvalue weighted by Gasteiger charge is 2.27. The van der Waals surface area contributed by atoms with Crippen molar-refractivity contribution in [3.05, 3.63) is 100 Å². The van der Waals surface area contributed by atoms with Gasteiger partial charge in [-0.1, -0.05) is 42.5 Å². The van der Waals surface area contributed by atoms with Gasteiger partial charge in [-0.15, -0.1) is 0 Å². The van der Waals surface area contributed by atoms with Crippen molar-refractivity contribution in [1.82, 2.24) is 14.7 Å². The Hall–Kier alpha value is -4.51. The first kappa shape index (κ1) is 21.3. The highest BCUT2D eigenvalue weighted by Crippen LogP contribution is 2.24. The molecule has 1 fully saturated rings. The maximum absolute atomic E-state index is 14.0. The molecule has 34 heavy (non-hydrogen) atoms. The summed E-state index contributed by atoms with van der Waals surface area (Å²) in [5.41, 5.74) is 1.02. The first-order valence-electron chi connectivity index (χ1n) is 10.9. The SMILES string of the molecule is N#Cc1c(F)cccc1N1CCN(C(=O)c2nn(-c3ccccc3)c(=O)c3ccccc23)CC1. The van der Waals surface area contributed by atoms with Crippen molar-refractivity contribution in [2.75, 3.05) is 31.1 Å². The zero-order valence-electron chi connectivity index (χ0n) is 18.2. The smallest absolute Gasteiger partial charge is 0.279 e. The summed E-state index contributed by atoms with van der Waals surface area (Å²) in [5.74, 6) is -0.836. The molecule has 0 saturated carbocycles. The fraction of sp³-hybridized carbons (Fsp3) is 0.154. The van der Waals surface area contributed by atoms with E-state index in [0.717, 1.165) is 0 Å². The predicted octanol–water partition coefficient (Wildman–Crippen LogP) is 3.36. The minimum Gasteiger partial charge on any atom is -0.367 e. The summed E-state index contributed by atoms with van der Waals surface area (Å²) in [6.45, 7) is 1.64. The number of carbonyl (C=O) groups is 1. The topological polar surface area (TPSA) is 82.2 Å². The van der Waals surface area contributed by atoms with Crippen LogP contribution in [0.3, 0.4) is 0 Å². The Labute approximate surface area is 194 Å². The van der Waals surface area contributed by atoms with E-state index in [4.69, 9.17) is 0 Å². The Kier molecular flexibility index (Phi) is 5.52. The number of benzene rings is 3. The van der Waals surface area contributed by atoms with Crippen molar-refractivity contribution in [3.8, 4) is 11.8 Å². The summed E-state index contributed by atoms with van der Waals surface area (Å²) < 4.78 is 15.3. The van der Waals surface area contributed by atoms with Crippen LogP contribution in [0.4, 0.5) is 10.1 Å². The second-order valence-electron chi connectivity index (χ2n) is 7.97. The third kappa shape index (κ3) is 3.67. The van der Waals surface area contributed by atoms with Crippen LogP contribution in [0.2, 0.25) is 0 Å². The standard InChI is InChI=1S/C26H20FN5O2/c27-22-11-6-12-23(21(22)17-28)30-13-15-31(16-14-30)26(34)24-19-9-4-5-10-20(19)25(33)32(29-24)18-7-2-1-3-8-18/h1-12H,13-16H2. The molecule has 0 aliphatic carbocycles. The van der Waals surface area contributed by atoms with E-state index in [9.17, 15) is 19.2 Å². The Morgan fingerprint density at radius 3 is 2.26 bits per heavy atom. The Balaban J connectivity index is 1.47. The molecule has 1 aromatic heterocycles. The number of para-hydroxylation sites is 1. The number of aromatic nitrogens is 2. The number of nitriles is 1. The monoisotopic (exact) mass is 453 g/mol. The van der Waals surface area contributed by atoms with Gasteiger partial charge >= 0.3 is 0 Å². The van der Waals surface area contributed by atoms with Crippen LogP contribution in [0.25, 0.3) is 16.5 Å². The maximum atomic E-state index is 14.0. The lowest BCUT2D eigenvalue weighted by molar-refractivity contribution is 0.0741. The van der Waals surface area contributed by atoms with Gasteiger partial charge in [0, 0.05) is 31.6 Å². The first-order chi connectivity index (χ1) is 16.6. The summed E-state index contributed by atoms with van der Waals surface area (Å²) in [4.78, 5) is 30.2. The van der Waals surface area contributed by atoms with Gasteiger partial charge in [0.1, 0.15) is 17.4 Å². The van der Waals surface area contributed by atoms with Crippen molar-refractivity contribution >= 4 is 22.4 Å². The summed E-state index contributed by atoms with van der Waals surface area (Å²) in [5, 5.41) is 14.7. The molecule has 2 heterocycles. The fourth-order valence-corrected chi connectivity index (χ4v) is 4.28. The van der Waals surface area contributed by atoms with Crippen molar-refractivity contribution in [2.24, 2.45) is 0 Å². The highest BCUT2D eigenvalue weighted by atomic mass is 19.1. The summed E-state index contributed by atoms with van der Waals surface area (Å²) in [7, 11) is 0. The van der Waals surface area contributed by atoms with Crippen LogP contribution >= 0.6 is 0 Å². The molecule has 0 atom stereocenters. The molecule has 0 radical (unpaired) electrons. The van der Waals surface area contributed by atoms with E-state index in [0.29, 0.717) is 48.3 Å². The normalized spacial score (nSPS) is 13.6. The summed E-state index contributed by atoms with van der Waals surface area (Å²) in [6, 6.07) is 22.4. The number of hydrogen-bond acceptors (Lipinski definition) is 5. The summed E-state index contributed by atoms with van der Waals surface area (Å²) >= 11 is 0. The first-order valence-corrected chi connectivity index (χ1v) is 10.9. The Morgan fingerprint density at radius 2 is 1.56 bits per heavy atom. The zero-order valence-corrected chi connectivity index (χ0v) is 18.2. The van der Waals surface area contributed by atoms with Gasteiger partial charge < -0.3 is 9.80 Å². The van der Waals surface area contributed by atoms with E-state index in [1.807, 2.05) is 17.0 Å². The number of anilines is 1. The van der Waals surface area contributed by atoms with Crippen molar-refractivity contribution in [2.45, 2.75) is 0 Å². The molecule has 168 valence electrons. The van der Waals surface area contributed by atoms with E-state index in [-0.39, 0.29) is 22.7 Å². The molecule has 0 N–H and O–H groups in total. The molecular weight excluding hydrogens is 433 g/mol. The van der Waals surface area contributed by atoms with E-state index in [1.165, 1.54) is 10.7 Å². The van der Waals surface area contributed by atoms with Gasteiger partial charge in [0.25, 0.3) is 11.5 Å². The summed E-state index contributed by atoms with van der Waals surface area (Å²) in [6.07, 6.45) is 0. The van der Waals surface area contributed by atoms with Gasteiger partial charge in [0.15, 0.2) is 5.69 Å². The molecule has 1 amide bonds. The van der Waals surface area contributed by atoms with E-state index < -0.39 is 5.82 Å². The van der Waals surface area contributed by atoms with Crippen LogP contribution < -0.4 is 10.5 Å². The van der Waals surface area contributed by atoms with Gasteiger partial charge in [-0.25, -0.2) is 4.39 Å². The lowest BCUT2D eigenvalue weighted by atomic mass is 10.1. The fourth-order valence-electron chi connectivity index (χ4n) is 4.28.